The fourth-order valence-corrected chi connectivity index (χ4v) is 1.73. The van der Waals surface area contributed by atoms with E-state index in [2.05, 4.69) is 5.32 Å². The van der Waals surface area contributed by atoms with Gasteiger partial charge in [0.2, 0.25) is 0 Å². The van der Waals surface area contributed by atoms with Crippen LogP contribution in [0.4, 0.5) is 0 Å². The number of benzene rings is 1. The molecule has 0 saturated carbocycles. The average molecular weight is 275 g/mol. The minimum atomic E-state index is 0.175. The van der Waals surface area contributed by atoms with Gasteiger partial charge in [0, 0.05) is 18.7 Å². The minimum Gasteiger partial charge on any atom is -0.429 e. The SMILES string of the molecule is CC(CO)C(C)NCc1ccc(Oc2ccccc2)o1. The molecule has 4 heteroatoms. The van der Waals surface area contributed by atoms with Gasteiger partial charge in [-0.3, -0.25) is 0 Å². The highest BCUT2D eigenvalue weighted by Crippen LogP contribution is 2.23. The predicted octanol–water partition coefficient (Wildman–Crippen LogP) is 3.18. The van der Waals surface area contributed by atoms with Crippen molar-refractivity contribution in [2.24, 2.45) is 5.92 Å². The molecule has 2 rings (SSSR count). The summed E-state index contributed by atoms with van der Waals surface area (Å²) in [5.74, 6) is 2.26. The van der Waals surface area contributed by atoms with Crippen LogP contribution < -0.4 is 10.1 Å². The Bertz CT molecular complexity index is 509. The maximum Gasteiger partial charge on any atom is 0.290 e. The van der Waals surface area contributed by atoms with Gasteiger partial charge in [-0.15, -0.1) is 0 Å². The van der Waals surface area contributed by atoms with Crippen LogP contribution in [0.2, 0.25) is 0 Å². The summed E-state index contributed by atoms with van der Waals surface area (Å²) in [4.78, 5) is 0. The molecule has 1 aromatic heterocycles. The number of para-hydroxylation sites is 1. The molecule has 108 valence electrons. The first-order chi connectivity index (χ1) is 9.69. The second kappa shape index (κ2) is 7.12. The van der Waals surface area contributed by atoms with Crippen LogP contribution in [-0.4, -0.2) is 17.8 Å². The van der Waals surface area contributed by atoms with E-state index in [-0.39, 0.29) is 18.6 Å². The molecule has 0 saturated heterocycles. The van der Waals surface area contributed by atoms with Crippen LogP contribution in [0.15, 0.2) is 46.9 Å². The highest BCUT2D eigenvalue weighted by Gasteiger charge is 2.11. The quantitative estimate of drug-likeness (QED) is 0.815. The van der Waals surface area contributed by atoms with Gasteiger partial charge >= 0.3 is 0 Å². The number of nitrogens with one attached hydrogen (secondary N) is 1. The largest absolute Gasteiger partial charge is 0.429 e. The van der Waals surface area contributed by atoms with E-state index in [1.807, 2.05) is 56.3 Å². The third-order valence-electron chi connectivity index (χ3n) is 3.34. The number of rotatable bonds is 7. The second-order valence-corrected chi connectivity index (χ2v) is 4.97. The lowest BCUT2D eigenvalue weighted by atomic mass is 10.1. The molecule has 2 atom stereocenters. The Hall–Kier alpha value is -1.78. The number of ether oxygens (including phenoxy) is 1. The van der Waals surface area contributed by atoms with Crippen LogP contribution in [0.1, 0.15) is 19.6 Å². The monoisotopic (exact) mass is 275 g/mol. The van der Waals surface area contributed by atoms with Crippen LogP contribution in [0.5, 0.6) is 11.7 Å². The minimum absolute atomic E-state index is 0.175. The van der Waals surface area contributed by atoms with Crippen molar-refractivity contribution in [3.05, 3.63) is 48.2 Å². The van der Waals surface area contributed by atoms with E-state index in [0.717, 1.165) is 11.5 Å². The summed E-state index contributed by atoms with van der Waals surface area (Å²) in [5.41, 5.74) is 0. The smallest absolute Gasteiger partial charge is 0.290 e. The summed E-state index contributed by atoms with van der Waals surface area (Å²) >= 11 is 0. The predicted molar refractivity (Wildman–Crippen MR) is 77.8 cm³/mol. The van der Waals surface area contributed by atoms with Gasteiger partial charge in [0.25, 0.3) is 5.95 Å². The van der Waals surface area contributed by atoms with Crippen molar-refractivity contribution in [2.75, 3.05) is 6.61 Å². The molecule has 0 spiro atoms. The van der Waals surface area contributed by atoms with E-state index in [0.29, 0.717) is 12.5 Å². The summed E-state index contributed by atoms with van der Waals surface area (Å²) in [6, 6.07) is 13.5. The Morgan fingerprint density at radius 2 is 1.90 bits per heavy atom. The normalized spacial score (nSPS) is 13.9. The average Bonchev–Trinajstić information content (AvgIpc) is 2.92. The highest BCUT2D eigenvalue weighted by atomic mass is 16.6. The van der Waals surface area contributed by atoms with E-state index in [1.165, 1.54) is 0 Å². The van der Waals surface area contributed by atoms with Gasteiger partial charge in [-0.2, -0.15) is 0 Å². The van der Waals surface area contributed by atoms with Gasteiger partial charge in [-0.1, -0.05) is 25.1 Å². The molecule has 0 aliphatic carbocycles. The van der Waals surface area contributed by atoms with Gasteiger partial charge in [0.05, 0.1) is 6.54 Å². The molecule has 1 heterocycles. The second-order valence-electron chi connectivity index (χ2n) is 4.97. The Kier molecular flexibility index (Phi) is 5.21. The molecule has 2 N–H and O–H groups in total. The molecule has 1 aromatic carbocycles. The van der Waals surface area contributed by atoms with Crippen molar-refractivity contribution in [3.8, 4) is 11.7 Å². The van der Waals surface area contributed by atoms with Crippen molar-refractivity contribution >= 4 is 0 Å². The van der Waals surface area contributed by atoms with E-state index in [1.54, 1.807) is 0 Å². The molecule has 2 aromatic rings. The standard InChI is InChI=1S/C16H21NO3/c1-12(11-18)13(2)17-10-15-8-9-16(20-15)19-14-6-4-3-5-7-14/h3-9,12-13,17-18H,10-11H2,1-2H3. The van der Waals surface area contributed by atoms with E-state index < -0.39 is 0 Å². The zero-order chi connectivity index (χ0) is 14.4. The fourth-order valence-electron chi connectivity index (χ4n) is 1.73. The van der Waals surface area contributed by atoms with Crippen LogP contribution in [0.3, 0.4) is 0 Å². The van der Waals surface area contributed by atoms with Gasteiger partial charge in [-0.05, 0) is 31.0 Å². The molecule has 0 aliphatic rings. The lowest BCUT2D eigenvalue weighted by Crippen LogP contribution is -2.33. The molecule has 4 nitrogen and oxygen atoms in total. The zero-order valence-electron chi connectivity index (χ0n) is 11.9. The van der Waals surface area contributed by atoms with Gasteiger partial charge in [0.15, 0.2) is 0 Å². The van der Waals surface area contributed by atoms with Crippen LogP contribution >= 0.6 is 0 Å². The van der Waals surface area contributed by atoms with Crippen molar-refractivity contribution in [1.82, 2.24) is 5.32 Å². The van der Waals surface area contributed by atoms with Gasteiger partial charge in [-0.25, -0.2) is 0 Å². The molecular formula is C16H21NO3. The highest BCUT2D eigenvalue weighted by molar-refractivity contribution is 5.26. The Morgan fingerprint density at radius 1 is 1.15 bits per heavy atom. The zero-order valence-corrected chi connectivity index (χ0v) is 11.9. The summed E-state index contributed by atoms with van der Waals surface area (Å²) in [6.45, 7) is 4.84. The molecule has 20 heavy (non-hydrogen) atoms. The molecular weight excluding hydrogens is 254 g/mol. The first kappa shape index (κ1) is 14.6. The molecule has 2 unspecified atom stereocenters. The number of hydrogen-bond donors (Lipinski definition) is 2. The lowest BCUT2D eigenvalue weighted by molar-refractivity contribution is 0.205. The maximum absolute atomic E-state index is 9.09. The van der Waals surface area contributed by atoms with Crippen molar-refractivity contribution in [2.45, 2.75) is 26.4 Å². The molecule has 0 fully saturated rings. The van der Waals surface area contributed by atoms with E-state index in [9.17, 15) is 0 Å². The Balaban J connectivity index is 1.86. The number of hydrogen-bond acceptors (Lipinski definition) is 4. The first-order valence-electron chi connectivity index (χ1n) is 6.85. The van der Waals surface area contributed by atoms with Crippen molar-refractivity contribution in [3.63, 3.8) is 0 Å². The van der Waals surface area contributed by atoms with Crippen molar-refractivity contribution < 1.29 is 14.3 Å². The summed E-state index contributed by atoms with van der Waals surface area (Å²) < 4.78 is 11.2. The summed E-state index contributed by atoms with van der Waals surface area (Å²) in [7, 11) is 0. The third kappa shape index (κ3) is 4.11. The lowest BCUT2D eigenvalue weighted by Gasteiger charge is -2.18. The molecule has 0 amide bonds. The third-order valence-corrected chi connectivity index (χ3v) is 3.34. The Morgan fingerprint density at radius 3 is 2.60 bits per heavy atom. The first-order valence-corrected chi connectivity index (χ1v) is 6.85. The van der Waals surface area contributed by atoms with Crippen LogP contribution in [0, 0.1) is 5.92 Å². The number of aliphatic hydroxyl groups excluding tert-OH is 1. The summed E-state index contributed by atoms with van der Waals surface area (Å²) in [6.07, 6.45) is 0. The van der Waals surface area contributed by atoms with Gasteiger partial charge < -0.3 is 19.6 Å². The number of furan rings is 1. The van der Waals surface area contributed by atoms with E-state index in [4.69, 9.17) is 14.3 Å². The van der Waals surface area contributed by atoms with Crippen LogP contribution in [-0.2, 0) is 6.54 Å². The Labute approximate surface area is 119 Å². The molecule has 0 bridgehead atoms. The van der Waals surface area contributed by atoms with Crippen molar-refractivity contribution in [1.29, 1.82) is 0 Å². The van der Waals surface area contributed by atoms with E-state index >= 15 is 0 Å². The molecule has 0 aliphatic heterocycles. The maximum atomic E-state index is 9.09. The van der Waals surface area contributed by atoms with Crippen LogP contribution in [0.25, 0.3) is 0 Å². The number of aliphatic hydroxyl groups is 1. The topological polar surface area (TPSA) is 54.6 Å². The molecule has 0 radical (unpaired) electrons. The summed E-state index contributed by atoms with van der Waals surface area (Å²) in [5, 5.41) is 12.4. The van der Waals surface area contributed by atoms with Gasteiger partial charge in [0.1, 0.15) is 11.5 Å². The fraction of sp³-hybridized carbons (Fsp3) is 0.375.